The third-order valence-electron chi connectivity index (χ3n) is 2.54. The van der Waals surface area contributed by atoms with Gasteiger partial charge in [-0.25, -0.2) is 4.98 Å². The van der Waals surface area contributed by atoms with E-state index < -0.39 is 0 Å². The van der Waals surface area contributed by atoms with E-state index in [1.165, 1.54) is 0 Å². The summed E-state index contributed by atoms with van der Waals surface area (Å²) in [5.41, 5.74) is 1.88. The number of aryl methyl sites for hydroxylation is 2. The van der Waals surface area contributed by atoms with Gasteiger partial charge in [0.25, 0.3) is 0 Å². The van der Waals surface area contributed by atoms with Gasteiger partial charge in [0.05, 0.1) is 18.0 Å². The van der Waals surface area contributed by atoms with Crippen molar-refractivity contribution in [1.82, 2.24) is 14.9 Å². The lowest BCUT2D eigenvalue weighted by Gasteiger charge is -2.16. The number of aromatic nitrogens is 2. The van der Waals surface area contributed by atoms with E-state index in [1.807, 2.05) is 13.8 Å². The number of anilines is 1. The van der Waals surface area contributed by atoms with Crippen molar-refractivity contribution in [3.8, 4) is 0 Å². The fourth-order valence-electron chi connectivity index (χ4n) is 1.43. The molecule has 0 atom stereocenters. The predicted molar refractivity (Wildman–Crippen MR) is 69.4 cm³/mol. The first kappa shape index (κ1) is 13.9. The molecule has 0 aliphatic rings. The third-order valence-corrected chi connectivity index (χ3v) is 2.54. The number of hydrogen-bond acceptors (Lipinski definition) is 5. The van der Waals surface area contributed by atoms with Crippen molar-refractivity contribution in [2.24, 2.45) is 0 Å². The summed E-state index contributed by atoms with van der Waals surface area (Å²) < 4.78 is 5.03. The number of hydrogen-bond donors (Lipinski definition) is 1. The predicted octanol–water partition coefficient (Wildman–Crippen LogP) is 1.08. The first-order valence-corrected chi connectivity index (χ1v) is 5.85. The number of ether oxygens (including phenoxy) is 1. The molecule has 0 aliphatic heterocycles. The van der Waals surface area contributed by atoms with Gasteiger partial charge < -0.3 is 15.0 Å². The first-order valence-electron chi connectivity index (χ1n) is 5.85. The summed E-state index contributed by atoms with van der Waals surface area (Å²) in [6.07, 6.45) is 1.78. The molecule has 0 fully saturated rings. The van der Waals surface area contributed by atoms with Crippen LogP contribution in [0.1, 0.15) is 11.4 Å². The lowest BCUT2D eigenvalue weighted by molar-refractivity contribution is 0.163. The van der Waals surface area contributed by atoms with Crippen LogP contribution in [-0.2, 0) is 4.74 Å². The van der Waals surface area contributed by atoms with E-state index in [9.17, 15) is 0 Å². The van der Waals surface area contributed by atoms with E-state index >= 15 is 0 Å². The van der Waals surface area contributed by atoms with Crippen LogP contribution in [0.5, 0.6) is 0 Å². The smallest absolute Gasteiger partial charge is 0.147 e. The molecule has 17 heavy (non-hydrogen) atoms. The maximum Gasteiger partial charge on any atom is 0.147 e. The molecule has 1 rings (SSSR count). The molecule has 5 nitrogen and oxygen atoms in total. The van der Waals surface area contributed by atoms with Crippen LogP contribution in [0.4, 0.5) is 5.82 Å². The largest absolute Gasteiger partial charge is 0.383 e. The Balaban J connectivity index is 2.32. The van der Waals surface area contributed by atoms with Crippen LogP contribution < -0.4 is 5.32 Å². The Morgan fingerprint density at radius 2 is 2.12 bits per heavy atom. The number of methoxy groups -OCH3 is 1. The van der Waals surface area contributed by atoms with Gasteiger partial charge in [-0.1, -0.05) is 0 Å². The number of likely N-dealkylation sites (N-methyl/N-ethyl adjacent to an activating group) is 1. The zero-order chi connectivity index (χ0) is 12.7. The molecule has 5 heteroatoms. The topological polar surface area (TPSA) is 50.3 Å². The molecule has 0 amide bonds. The molecule has 0 aromatic carbocycles. The average Bonchev–Trinajstić information content (AvgIpc) is 2.31. The van der Waals surface area contributed by atoms with Gasteiger partial charge in [0.1, 0.15) is 5.82 Å². The van der Waals surface area contributed by atoms with Crippen LogP contribution in [0.2, 0.25) is 0 Å². The van der Waals surface area contributed by atoms with Crippen molar-refractivity contribution >= 4 is 5.82 Å². The van der Waals surface area contributed by atoms with Crippen molar-refractivity contribution < 1.29 is 4.74 Å². The Kier molecular flexibility index (Phi) is 5.86. The van der Waals surface area contributed by atoms with E-state index in [-0.39, 0.29) is 0 Å². The highest BCUT2D eigenvalue weighted by Gasteiger charge is 2.02. The third kappa shape index (κ3) is 5.10. The Bertz CT molecular complexity index is 343. The molecule has 1 heterocycles. The second-order valence-electron chi connectivity index (χ2n) is 4.17. The normalized spacial score (nSPS) is 10.9. The van der Waals surface area contributed by atoms with Gasteiger partial charge >= 0.3 is 0 Å². The molecular formula is C12H22N4O. The van der Waals surface area contributed by atoms with Crippen molar-refractivity contribution in [3.05, 3.63) is 17.6 Å². The molecule has 0 radical (unpaired) electrons. The lowest BCUT2D eigenvalue weighted by Crippen LogP contribution is -2.28. The zero-order valence-corrected chi connectivity index (χ0v) is 11.2. The molecule has 1 aromatic rings. The molecule has 0 saturated heterocycles. The summed E-state index contributed by atoms with van der Waals surface area (Å²) >= 11 is 0. The fourth-order valence-corrected chi connectivity index (χ4v) is 1.43. The van der Waals surface area contributed by atoms with Crippen molar-refractivity contribution in [3.63, 3.8) is 0 Å². The molecule has 96 valence electrons. The zero-order valence-electron chi connectivity index (χ0n) is 11.2. The Labute approximate surface area is 103 Å². The van der Waals surface area contributed by atoms with Gasteiger partial charge in [0.15, 0.2) is 0 Å². The maximum atomic E-state index is 5.03. The lowest BCUT2D eigenvalue weighted by atomic mass is 10.4. The molecule has 0 aliphatic carbocycles. The highest BCUT2D eigenvalue weighted by atomic mass is 16.5. The maximum absolute atomic E-state index is 5.03. The van der Waals surface area contributed by atoms with E-state index in [0.717, 1.165) is 43.4 Å². The standard InChI is InChI=1S/C12H22N4O/c1-10-9-14-11(2)12(15-10)13-5-6-16(3)7-8-17-4/h9H,5-8H2,1-4H3,(H,13,15). The minimum atomic E-state index is 0.764. The molecule has 0 bridgehead atoms. The quantitative estimate of drug-likeness (QED) is 0.770. The highest BCUT2D eigenvalue weighted by Crippen LogP contribution is 2.07. The van der Waals surface area contributed by atoms with E-state index in [1.54, 1.807) is 13.3 Å². The second kappa shape index (κ2) is 7.19. The molecule has 0 saturated carbocycles. The van der Waals surface area contributed by atoms with Crippen LogP contribution in [-0.4, -0.2) is 55.3 Å². The number of nitrogens with zero attached hydrogens (tertiary/aromatic N) is 3. The monoisotopic (exact) mass is 238 g/mol. The minimum Gasteiger partial charge on any atom is -0.383 e. The Morgan fingerprint density at radius 3 is 2.82 bits per heavy atom. The minimum absolute atomic E-state index is 0.764. The van der Waals surface area contributed by atoms with Crippen molar-refractivity contribution in [2.45, 2.75) is 13.8 Å². The summed E-state index contributed by atoms with van der Waals surface area (Å²) in [4.78, 5) is 10.9. The molecule has 1 N–H and O–H groups in total. The molecule has 0 unspecified atom stereocenters. The van der Waals surface area contributed by atoms with Gasteiger partial charge in [0, 0.05) is 32.9 Å². The van der Waals surface area contributed by atoms with Crippen LogP contribution in [0.25, 0.3) is 0 Å². The molecule has 0 spiro atoms. The number of nitrogens with one attached hydrogen (secondary N) is 1. The van der Waals surface area contributed by atoms with Gasteiger partial charge in [0.2, 0.25) is 0 Å². The molecule has 1 aromatic heterocycles. The summed E-state index contributed by atoms with van der Waals surface area (Å²) in [5, 5.41) is 3.30. The van der Waals surface area contributed by atoms with Gasteiger partial charge in [-0.3, -0.25) is 4.98 Å². The van der Waals surface area contributed by atoms with E-state index in [0.29, 0.717) is 0 Å². The summed E-state index contributed by atoms with van der Waals surface area (Å²) in [7, 11) is 3.80. The summed E-state index contributed by atoms with van der Waals surface area (Å²) in [6, 6.07) is 0. The molecular weight excluding hydrogens is 216 g/mol. The summed E-state index contributed by atoms with van der Waals surface area (Å²) in [6.45, 7) is 7.43. The highest BCUT2D eigenvalue weighted by molar-refractivity contribution is 5.39. The Morgan fingerprint density at radius 1 is 1.35 bits per heavy atom. The van der Waals surface area contributed by atoms with Crippen LogP contribution in [0.3, 0.4) is 0 Å². The van der Waals surface area contributed by atoms with Crippen LogP contribution >= 0.6 is 0 Å². The SMILES string of the molecule is COCCN(C)CCNc1nc(C)cnc1C. The fraction of sp³-hybridized carbons (Fsp3) is 0.667. The Hall–Kier alpha value is -1.20. The van der Waals surface area contributed by atoms with E-state index in [2.05, 4.69) is 27.2 Å². The first-order chi connectivity index (χ1) is 8.13. The van der Waals surface area contributed by atoms with Gasteiger partial charge in [-0.2, -0.15) is 0 Å². The van der Waals surface area contributed by atoms with Crippen LogP contribution in [0, 0.1) is 13.8 Å². The summed E-state index contributed by atoms with van der Waals surface area (Å²) in [5.74, 6) is 0.880. The van der Waals surface area contributed by atoms with Crippen LogP contribution in [0.15, 0.2) is 6.20 Å². The average molecular weight is 238 g/mol. The van der Waals surface area contributed by atoms with Crippen molar-refractivity contribution in [2.75, 3.05) is 45.7 Å². The van der Waals surface area contributed by atoms with Gasteiger partial charge in [-0.05, 0) is 20.9 Å². The van der Waals surface area contributed by atoms with Gasteiger partial charge in [-0.15, -0.1) is 0 Å². The second-order valence-corrected chi connectivity index (χ2v) is 4.17. The number of rotatable bonds is 7. The van der Waals surface area contributed by atoms with E-state index in [4.69, 9.17) is 4.74 Å². The van der Waals surface area contributed by atoms with Crippen molar-refractivity contribution in [1.29, 1.82) is 0 Å².